The Labute approximate surface area is 123 Å². The molecule has 1 saturated heterocycles. The summed E-state index contributed by atoms with van der Waals surface area (Å²) in [5.74, 6) is -0.483. The molecule has 6 nitrogen and oxygen atoms in total. The van der Waals surface area contributed by atoms with E-state index < -0.39 is 4.92 Å². The number of aromatic hydroxyl groups is 1. The number of nitro groups is 1. The summed E-state index contributed by atoms with van der Waals surface area (Å²) >= 11 is 0. The monoisotopic (exact) mass is 292 g/mol. The van der Waals surface area contributed by atoms with Crippen molar-refractivity contribution in [3.05, 3.63) is 33.9 Å². The molecule has 1 atom stereocenters. The summed E-state index contributed by atoms with van der Waals surface area (Å²) in [5.41, 5.74) is -0.276. The molecule has 0 radical (unpaired) electrons. The molecule has 1 fully saturated rings. The number of piperidine rings is 1. The number of rotatable bonds is 4. The average Bonchev–Trinajstić information content (AvgIpc) is 2.47. The van der Waals surface area contributed by atoms with Gasteiger partial charge in [0.15, 0.2) is 0 Å². The lowest BCUT2D eigenvalue weighted by Crippen LogP contribution is -2.43. The van der Waals surface area contributed by atoms with Crippen molar-refractivity contribution in [1.29, 1.82) is 0 Å². The molecule has 2 rings (SSSR count). The fourth-order valence-electron chi connectivity index (χ4n) is 2.91. The molecule has 1 aliphatic heterocycles. The summed E-state index contributed by atoms with van der Waals surface area (Å²) in [6.45, 7) is 2.68. The van der Waals surface area contributed by atoms with Crippen LogP contribution in [-0.4, -0.2) is 33.4 Å². The Bertz CT molecular complexity index is 542. The Morgan fingerprint density at radius 2 is 2.24 bits per heavy atom. The number of phenolic OH excluding ortho intramolecular Hbond substituents is 1. The fourth-order valence-corrected chi connectivity index (χ4v) is 2.91. The molecule has 1 aromatic rings. The predicted octanol–water partition coefficient (Wildman–Crippen LogP) is 3.10. The van der Waals surface area contributed by atoms with Gasteiger partial charge in [-0.15, -0.1) is 0 Å². The molecule has 1 unspecified atom stereocenters. The standard InChI is InChI=1S/C15H20N2O4/c1-2-5-11-6-3-4-9-16(11)15(19)13-10-12(18)7-8-14(13)17(20)21/h7-8,10-11,18H,2-6,9H2,1H3. The van der Waals surface area contributed by atoms with E-state index in [1.165, 1.54) is 18.2 Å². The van der Waals surface area contributed by atoms with Crippen molar-refractivity contribution >= 4 is 11.6 Å². The van der Waals surface area contributed by atoms with E-state index in [1.807, 2.05) is 0 Å². The summed E-state index contributed by atoms with van der Waals surface area (Å²) in [6, 6.07) is 3.74. The van der Waals surface area contributed by atoms with Gasteiger partial charge in [0.2, 0.25) is 0 Å². The van der Waals surface area contributed by atoms with Crippen LogP contribution >= 0.6 is 0 Å². The number of nitrogens with zero attached hydrogens (tertiary/aromatic N) is 2. The smallest absolute Gasteiger partial charge is 0.282 e. The van der Waals surface area contributed by atoms with Gasteiger partial charge >= 0.3 is 0 Å². The molecular weight excluding hydrogens is 272 g/mol. The average molecular weight is 292 g/mol. The lowest BCUT2D eigenvalue weighted by Gasteiger charge is -2.35. The quantitative estimate of drug-likeness (QED) is 0.682. The predicted molar refractivity (Wildman–Crippen MR) is 78.3 cm³/mol. The number of hydrogen-bond donors (Lipinski definition) is 1. The van der Waals surface area contributed by atoms with Gasteiger partial charge in [0.1, 0.15) is 11.3 Å². The van der Waals surface area contributed by atoms with Gasteiger partial charge in [-0.3, -0.25) is 14.9 Å². The summed E-state index contributed by atoms with van der Waals surface area (Å²) < 4.78 is 0. The summed E-state index contributed by atoms with van der Waals surface area (Å²) in [4.78, 5) is 24.9. The van der Waals surface area contributed by atoms with E-state index >= 15 is 0 Å². The second-order valence-electron chi connectivity index (χ2n) is 5.40. The van der Waals surface area contributed by atoms with Crippen LogP contribution in [0.3, 0.4) is 0 Å². The van der Waals surface area contributed by atoms with Crippen LogP contribution in [0.5, 0.6) is 5.75 Å². The van der Waals surface area contributed by atoms with Gasteiger partial charge in [-0.2, -0.15) is 0 Å². The molecule has 6 heteroatoms. The maximum Gasteiger partial charge on any atom is 0.282 e. The Balaban J connectivity index is 2.33. The van der Waals surface area contributed by atoms with Crippen LogP contribution in [0.1, 0.15) is 49.4 Å². The molecule has 0 spiro atoms. The Morgan fingerprint density at radius 3 is 2.90 bits per heavy atom. The van der Waals surface area contributed by atoms with Crippen molar-refractivity contribution in [1.82, 2.24) is 4.90 Å². The highest BCUT2D eigenvalue weighted by Gasteiger charge is 2.31. The molecule has 1 aromatic carbocycles. The van der Waals surface area contributed by atoms with E-state index in [-0.39, 0.29) is 28.9 Å². The normalized spacial score (nSPS) is 18.5. The summed E-state index contributed by atoms with van der Waals surface area (Å²) in [7, 11) is 0. The first-order chi connectivity index (χ1) is 10.0. The van der Waals surface area contributed by atoms with E-state index in [4.69, 9.17) is 0 Å². The van der Waals surface area contributed by atoms with Crippen LogP contribution in [0.15, 0.2) is 18.2 Å². The molecule has 1 N–H and O–H groups in total. The third-order valence-corrected chi connectivity index (χ3v) is 3.92. The number of nitro benzene ring substituents is 1. The SMILES string of the molecule is CCCC1CCCCN1C(=O)c1cc(O)ccc1[N+](=O)[O-]. The maximum atomic E-state index is 12.7. The van der Waals surface area contributed by atoms with Gasteiger partial charge < -0.3 is 10.0 Å². The third-order valence-electron chi connectivity index (χ3n) is 3.92. The van der Waals surface area contributed by atoms with Gasteiger partial charge in [0, 0.05) is 18.7 Å². The molecule has 0 bridgehead atoms. The van der Waals surface area contributed by atoms with E-state index in [2.05, 4.69) is 6.92 Å². The third kappa shape index (κ3) is 3.32. The highest BCUT2D eigenvalue weighted by atomic mass is 16.6. The van der Waals surface area contributed by atoms with Gasteiger partial charge in [-0.05, 0) is 37.8 Å². The zero-order valence-corrected chi connectivity index (χ0v) is 12.1. The maximum absolute atomic E-state index is 12.7. The van der Waals surface area contributed by atoms with Crippen LogP contribution in [0.2, 0.25) is 0 Å². The first kappa shape index (κ1) is 15.3. The van der Waals surface area contributed by atoms with Crippen molar-refractivity contribution in [3.8, 4) is 5.75 Å². The van der Waals surface area contributed by atoms with Crippen LogP contribution < -0.4 is 0 Å². The first-order valence-corrected chi connectivity index (χ1v) is 7.33. The molecular formula is C15H20N2O4. The van der Waals surface area contributed by atoms with Crippen molar-refractivity contribution in [2.75, 3.05) is 6.54 Å². The summed E-state index contributed by atoms with van der Waals surface area (Å²) in [6.07, 6.45) is 4.80. The first-order valence-electron chi connectivity index (χ1n) is 7.33. The highest BCUT2D eigenvalue weighted by molar-refractivity contribution is 5.98. The fraction of sp³-hybridized carbons (Fsp3) is 0.533. The van der Waals surface area contributed by atoms with Gasteiger partial charge in [0.05, 0.1) is 4.92 Å². The molecule has 1 aliphatic rings. The Hall–Kier alpha value is -2.11. The number of likely N-dealkylation sites (tertiary alicyclic amines) is 1. The Morgan fingerprint density at radius 1 is 1.48 bits per heavy atom. The van der Waals surface area contributed by atoms with Crippen LogP contribution in [-0.2, 0) is 0 Å². The second-order valence-corrected chi connectivity index (χ2v) is 5.40. The lowest BCUT2D eigenvalue weighted by molar-refractivity contribution is -0.385. The minimum Gasteiger partial charge on any atom is -0.508 e. The van der Waals surface area contributed by atoms with Crippen molar-refractivity contribution < 1.29 is 14.8 Å². The van der Waals surface area contributed by atoms with E-state index in [0.717, 1.165) is 32.1 Å². The molecule has 1 heterocycles. The molecule has 21 heavy (non-hydrogen) atoms. The van der Waals surface area contributed by atoms with E-state index in [9.17, 15) is 20.0 Å². The number of amides is 1. The topological polar surface area (TPSA) is 83.7 Å². The molecule has 0 aliphatic carbocycles. The van der Waals surface area contributed by atoms with Crippen molar-refractivity contribution in [2.24, 2.45) is 0 Å². The number of carbonyl (C=O) groups is 1. The summed E-state index contributed by atoms with van der Waals surface area (Å²) in [5, 5.41) is 20.6. The lowest BCUT2D eigenvalue weighted by atomic mass is 9.97. The molecule has 0 saturated carbocycles. The van der Waals surface area contributed by atoms with Crippen molar-refractivity contribution in [3.63, 3.8) is 0 Å². The molecule has 114 valence electrons. The zero-order valence-electron chi connectivity index (χ0n) is 12.1. The van der Waals surface area contributed by atoms with E-state index in [0.29, 0.717) is 6.54 Å². The molecule has 0 aromatic heterocycles. The minimum atomic E-state index is -0.578. The van der Waals surface area contributed by atoms with Crippen LogP contribution in [0.4, 0.5) is 5.69 Å². The van der Waals surface area contributed by atoms with Gasteiger partial charge in [-0.1, -0.05) is 13.3 Å². The minimum absolute atomic E-state index is 0.0250. The number of phenols is 1. The van der Waals surface area contributed by atoms with Gasteiger partial charge in [0.25, 0.3) is 11.6 Å². The van der Waals surface area contributed by atoms with Crippen LogP contribution in [0, 0.1) is 10.1 Å². The number of carbonyl (C=O) groups excluding carboxylic acids is 1. The highest BCUT2D eigenvalue weighted by Crippen LogP contribution is 2.28. The largest absolute Gasteiger partial charge is 0.508 e. The Kier molecular flexibility index (Phi) is 4.77. The van der Waals surface area contributed by atoms with E-state index in [1.54, 1.807) is 4.90 Å². The number of hydrogen-bond acceptors (Lipinski definition) is 4. The number of benzene rings is 1. The second kappa shape index (κ2) is 6.56. The molecule has 1 amide bonds. The van der Waals surface area contributed by atoms with Crippen LogP contribution in [0.25, 0.3) is 0 Å². The van der Waals surface area contributed by atoms with Crippen molar-refractivity contribution in [2.45, 2.75) is 45.1 Å². The zero-order chi connectivity index (χ0) is 15.4. The van der Waals surface area contributed by atoms with Gasteiger partial charge in [-0.25, -0.2) is 0 Å².